The average molecular weight is 270 g/mol. The van der Waals surface area contributed by atoms with Crippen molar-refractivity contribution in [1.82, 2.24) is 0 Å². The molecule has 1 fully saturated rings. The maximum atomic E-state index is 11.7. The molecule has 2 atom stereocenters. The molecule has 0 N–H and O–H groups in total. The van der Waals surface area contributed by atoms with Crippen molar-refractivity contribution >= 4 is 12.0 Å². The summed E-state index contributed by atoms with van der Waals surface area (Å²) in [6.45, 7) is 5.34. The topological polar surface area (TPSA) is 26.3 Å². The van der Waals surface area contributed by atoms with Crippen molar-refractivity contribution < 1.29 is 9.53 Å². The van der Waals surface area contributed by atoms with Gasteiger partial charge in [-0.3, -0.25) is 0 Å². The van der Waals surface area contributed by atoms with Crippen molar-refractivity contribution in [1.29, 1.82) is 0 Å². The van der Waals surface area contributed by atoms with E-state index in [4.69, 9.17) is 4.74 Å². The average Bonchev–Trinajstić information content (AvgIpc) is 2.47. The number of benzene rings is 1. The molecule has 0 bridgehead atoms. The van der Waals surface area contributed by atoms with Gasteiger partial charge in [0.25, 0.3) is 0 Å². The van der Waals surface area contributed by atoms with Crippen molar-refractivity contribution in [3.63, 3.8) is 0 Å². The first kappa shape index (κ1) is 14.6. The molecule has 0 amide bonds. The van der Waals surface area contributed by atoms with E-state index in [-0.39, 0.29) is 12.1 Å². The Hall–Kier alpha value is -1.83. The second kappa shape index (κ2) is 7.09. The van der Waals surface area contributed by atoms with Crippen molar-refractivity contribution in [3.8, 4) is 0 Å². The lowest BCUT2D eigenvalue weighted by Gasteiger charge is -2.29. The predicted molar refractivity (Wildman–Crippen MR) is 82.1 cm³/mol. The minimum absolute atomic E-state index is 0.00656. The Kier molecular flexibility index (Phi) is 5.16. The summed E-state index contributed by atoms with van der Waals surface area (Å²) in [7, 11) is 0. The Labute approximate surface area is 121 Å². The van der Waals surface area contributed by atoms with Gasteiger partial charge >= 0.3 is 5.97 Å². The molecule has 20 heavy (non-hydrogen) atoms. The van der Waals surface area contributed by atoms with Crippen LogP contribution in [0.1, 0.15) is 38.2 Å². The Morgan fingerprint density at radius 1 is 1.25 bits per heavy atom. The first-order valence-electron chi connectivity index (χ1n) is 7.26. The molecule has 0 aromatic heterocycles. The quantitative estimate of drug-likeness (QED) is 0.599. The number of carbonyl (C=O) groups is 1. The van der Waals surface area contributed by atoms with Crippen molar-refractivity contribution in [2.75, 3.05) is 0 Å². The normalized spacial score (nSPS) is 22.6. The van der Waals surface area contributed by atoms with E-state index in [1.165, 1.54) is 12.0 Å². The van der Waals surface area contributed by atoms with E-state index in [0.29, 0.717) is 11.5 Å². The number of ether oxygens (including phenoxy) is 1. The highest BCUT2D eigenvalue weighted by molar-refractivity contribution is 5.87. The van der Waals surface area contributed by atoms with E-state index >= 15 is 0 Å². The lowest BCUT2D eigenvalue weighted by Crippen LogP contribution is -2.29. The fourth-order valence-corrected chi connectivity index (χ4v) is 2.53. The maximum Gasteiger partial charge on any atom is 0.333 e. The summed E-state index contributed by atoms with van der Waals surface area (Å²) in [6, 6.07) is 10.2. The standard InChI is InChI=1S/C18H22O2/c1-14(2)18(19)20-17-11-7-6-10-16(17)13-12-15-8-4-3-5-9-15/h3-5,8-9,12-13,16-17H,1,6-7,10-11H2,2H3. The molecule has 0 saturated heterocycles. The second-order valence-corrected chi connectivity index (χ2v) is 5.44. The van der Waals surface area contributed by atoms with E-state index < -0.39 is 0 Å². The van der Waals surface area contributed by atoms with Crippen LogP contribution in [0.15, 0.2) is 48.6 Å². The molecule has 0 spiro atoms. The van der Waals surface area contributed by atoms with E-state index in [2.05, 4.69) is 30.9 Å². The Balaban J connectivity index is 2.01. The van der Waals surface area contributed by atoms with Crippen molar-refractivity contribution in [2.45, 2.75) is 38.7 Å². The minimum atomic E-state index is -0.269. The van der Waals surface area contributed by atoms with Crippen LogP contribution in [0.2, 0.25) is 0 Å². The number of hydrogen-bond donors (Lipinski definition) is 0. The molecule has 0 aliphatic heterocycles. The van der Waals surface area contributed by atoms with Gasteiger partial charge in [-0.15, -0.1) is 0 Å². The summed E-state index contributed by atoms with van der Waals surface area (Å²) in [6.07, 6.45) is 8.66. The van der Waals surface area contributed by atoms with Crippen LogP contribution in [0.4, 0.5) is 0 Å². The molecular weight excluding hydrogens is 248 g/mol. The molecule has 0 radical (unpaired) electrons. The Morgan fingerprint density at radius 2 is 1.95 bits per heavy atom. The summed E-state index contributed by atoms with van der Waals surface area (Å²) in [5.74, 6) is 0.0438. The molecule has 1 aliphatic rings. The highest BCUT2D eigenvalue weighted by Gasteiger charge is 2.26. The molecule has 1 saturated carbocycles. The van der Waals surface area contributed by atoms with Gasteiger partial charge in [0.2, 0.25) is 0 Å². The van der Waals surface area contributed by atoms with Crippen LogP contribution in [0.25, 0.3) is 6.08 Å². The largest absolute Gasteiger partial charge is 0.458 e. The van der Waals surface area contributed by atoms with Gasteiger partial charge in [-0.1, -0.05) is 55.5 Å². The maximum absolute atomic E-state index is 11.7. The second-order valence-electron chi connectivity index (χ2n) is 5.44. The van der Waals surface area contributed by atoms with Crippen LogP contribution in [-0.4, -0.2) is 12.1 Å². The Morgan fingerprint density at radius 3 is 2.65 bits per heavy atom. The molecule has 0 heterocycles. The van der Waals surface area contributed by atoms with E-state index in [1.807, 2.05) is 18.2 Å². The van der Waals surface area contributed by atoms with Crippen molar-refractivity contribution in [2.24, 2.45) is 5.92 Å². The predicted octanol–water partition coefficient (Wildman–Crippen LogP) is 4.38. The molecule has 2 heteroatoms. The van der Waals surface area contributed by atoms with Gasteiger partial charge in [0, 0.05) is 11.5 Å². The van der Waals surface area contributed by atoms with Crippen LogP contribution >= 0.6 is 0 Å². The van der Waals surface area contributed by atoms with Gasteiger partial charge < -0.3 is 4.74 Å². The number of rotatable bonds is 4. The molecule has 1 aliphatic carbocycles. The van der Waals surface area contributed by atoms with Crippen LogP contribution < -0.4 is 0 Å². The Bertz CT molecular complexity index is 487. The number of esters is 1. The SMILES string of the molecule is C=C(C)C(=O)OC1CCCCC1C=Cc1ccccc1. The molecule has 2 rings (SSSR count). The lowest BCUT2D eigenvalue weighted by atomic mass is 9.86. The third-order valence-corrected chi connectivity index (χ3v) is 3.70. The summed E-state index contributed by atoms with van der Waals surface area (Å²) in [5, 5.41) is 0. The van der Waals surface area contributed by atoms with Crippen LogP contribution in [0.5, 0.6) is 0 Å². The van der Waals surface area contributed by atoms with Crippen LogP contribution in [0.3, 0.4) is 0 Å². The van der Waals surface area contributed by atoms with Gasteiger partial charge in [-0.05, 0) is 31.7 Å². The first-order valence-corrected chi connectivity index (χ1v) is 7.26. The summed E-state index contributed by atoms with van der Waals surface area (Å²) in [5.41, 5.74) is 1.66. The van der Waals surface area contributed by atoms with Gasteiger partial charge in [0.15, 0.2) is 0 Å². The molecule has 106 valence electrons. The monoisotopic (exact) mass is 270 g/mol. The fourth-order valence-electron chi connectivity index (χ4n) is 2.53. The van der Waals surface area contributed by atoms with Crippen LogP contribution in [0, 0.1) is 5.92 Å². The molecule has 1 aromatic carbocycles. The zero-order valence-corrected chi connectivity index (χ0v) is 12.0. The highest BCUT2D eigenvalue weighted by atomic mass is 16.5. The highest BCUT2D eigenvalue weighted by Crippen LogP contribution is 2.29. The van der Waals surface area contributed by atoms with E-state index in [9.17, 15) is 4.79 Å². The third-order valence-electron chi connectivity index (χ3n) is 3.70. The zero-order valence-electron chi connectivity index (χ0n) is 12.0. The summed E-state index contributed by atoms with van der Waals surface area (Å²) >= 11 is 0. The van der Waals surface area contributed by atoms with Gasteiger partial charge in [-0.25, -0.2) is 4.79 Å². The van der Waals surface area contributed by atoms with E-state index in [0.717, 1.165) is 19.3 Å². The van der Waals surface area contributed by atoms with Gasteiger partial charge in [-0.2, -0.15) is 0 Å². The molecule has 2 unspecified atom stereocenters. The molecular formula is C18H22O2. The minimum Gasteiger partial charge on any atom is -0.458 e. The number of carbonyl (C=O) groups excluding carboxylic acids is 1. The lowest BCUT2D eigenvalue weighted by molar-refractivity contribution is -0.147. The van der Waals surface area contributed by atoms with E-state index in [1.54, 1.807) is 6.92 Å². The molecule has 1 aromatic rings. The summed E-state index contributed by atoms with van der Waals surface area (Å²) in [4.78, 5) is 11.7. The molecule has 2 nitrogen and oxygen atoms in total. The first-order chi connectivity index (χ1) is 9.66. The van der Waals surface area contributed by atoms with Crippen LogP contribution in [-0.2, 0) is 9.53 Å². The van der Waals surface area contributed by atoms with Gasteiger partial charge in [0.1, 0.15) is 6.10 Å². The van der Waals surface area contributed by atoms with Gasteiger partial charge in [0.05, 0.1) is 0 Å². The third kappa shape index (κ3) is 4.09. The fraction of sp³-hybridized carbons (Fsp3) is 0.389. The zero-order chi connectivity index (χ0) is 14.4. The summed E-state index contributed by atoms with van der Waals surface area (Å²) < 4.78 is 5.56. The smallest absolute Gasteiger partial charge is 0.333 e. The number of hydrogen-bond acceptors (Lipinski definition) is 2. The van der Waals surface area contributed by atoms with Crippen molar-refractivity contribution in [3.05, 3.63) is 54.1 Å².